The molecule has 68 valence electrons. The molecule has 0 amide bonds. The second-order valence-electron chi connectivity index (χ2n) is 3.19. The molecule has 1 nitrogen and oxygen atoms in total. The summed E-state index contributed by atoms with van der Waals surface area (Å²) in [6.07, 6.45) is 8.37. The van der Waals surface area contributed by atoms with E-state index in [9.17, 15) is 4.79 Å². The SMILES string of the molecule is O=C1CCCC=C1CCCCBr. The summed E-state index contributed by atoms with van der Waals surface area (Å²) in [5, 5.41) is 1.05. The number of carbonyl (C=O) groups is 1. The van der Waals surface area contributed by atoms with Crippen molar-refractivity contribution in [3.05, 3.63) is 11.6 Å². The quantitative estimate of drug-likeness (QED) is 0.536. The van der Waals surface area contributed by atoms with E-state index in [1.807, 2.05) is 0 Å². The van der Waals surface area contributed by atoms with Gasteiger partial charge < -0.3 is 0 Å². The first-order valence-corrected chi connectivity index (χ1v) is 5.75. The van der Waals surface area contributed by atoms with Gasteiger partial charge in [0.1, 0.15) is 0 Å². The molecule has 0 aromatic heterocycles. The van der Waals surface area contributed by atoms with Crippen molar-refractivity contribution in [2.24, 2.45) is 0 Å². The normalized spacial score (nSPS) is 17.8. The van der Waals surface area contributed by atoms with Crippen LogP contribution in [0.4, 0.5) is 0 Å². The van der Waals surface area contributed by atoms with Crippen LogP contribution in [-0.2, 0) is 4.79 Å². The lowest BCUT2D eigenvalue weighted by atomic mass is 9.94. The van der Waals surface area contributed by atoms with Crippen LogP contribution in [0.25, 0.3) is 0 Å². The monoisotopic (exact) mass is 230 g/mol. The summed E-state index contributed by atoms with van der Waals surface area (Å²) in [6.45, 7) is 0. The van der Waals surface area contributed by atoms with Crippen LogP contribution in [0, 0.1) is 0 Å². The molecule has 0 unspecified atom stereocenters. The molecule has 12 heavy (non-hydrogen) atoms. The number of halogens is 1. The van der Waals surface area contributed by atoms with Gasteiger partial charge in [0.2, 0.25) is 0 Å². The Morgan fingerprint density at radius 3 is 2.92 bits per heavy atom. The number of carbonyl (C=O) groups excluding carboxylic acids is 1. The van der Waals surface area contributed by atoms with Gasteiger partial charge in [-0.05, 0) is 37.7 Å². The Morgan fingerprint density at radius 2 is 2.25 bits per heavy atom. The van der Waals surface area contributed by atoms with Crippen molar-refractivity contribution in [2.45, 2.75) is 38.5 Å². The van der Waals surface area contributed by atoms with Crippen LogP contribution in [-0.4, -0.2) is 11.1 Å². The molecule has 0 bridgehead atoms. The van der Waals surface area contributed by atoms with Crippen molar-refractivity contribution in [3.63, 3.8) is 0 Å². The lowest BCUT2D eigenvalue weighted by Gasteiger charge is -2.10. The third-order valence-corrected chi connectivity index (χ3v) is 2.75. The maximum absolute atomic E-state index is 11.3. The lowest BCUT2D eigenvalue weighted by molar-refractivity contribution is -0.116. The van der Waals surface area contributed by atoms with Crippen molar-refractivity contribution in [1.29, 1.82) is 0 Å². The van der Waals surface area contributed by atoms with Crippen LogP contribution in [0.1, 0.15) is 38.5 Å². The van der Waals surface area contributed by atoms with Gasteiger partial charge in [0.15, 0.2) is 5.78 Å². The molecule has 2 heteroatoms. The fraction of sp³-hybridized carbons (Fsp3) is 0.700. The third-order valence-electron chi connectivity index (χ3n) is 2.19. The first-order valence-electron chi connectivity index (χ1n) is 4.63. The summed E-state index contributed by atoms with van der Waals surface area (Å²) in [5.74, 6) is 0.385. The van der Waals surface area contributed by atoms with E-state index in [0.717, 1.165) is 43.0 Å². The van der Waals surface area contributed by atoms with Crippen molar-refractivity contribution < 1.29 is 4.79 Å². The average molecular weight is 231 g/mol. The predicted molar refractivity (Wildman–Crippen MR) is 54.6 cm³/mol. The van der Waals surface area contributed by atoms with Gasteiger partial charge in [-0.1, -0.05) is 22.0 Å². The fourth-order valence-corrected chi connectivity index (χ4v) is 1.86. The van der Waals surface area contributed by atoms with Crippen molar-refractivity contribution in [2.75, 3.05) is 5.33 Å². The fourth-order valence-electron chi connectivity index (χ4n) is 1.46. The molecule has 0 N–H and O–H groups in total. The molecule has 0 saturated carbocycles. The molecule has 0 heterocycles. The molecule has 0 aliphatic heterocycles. The third kappa shape index (κ3) is 3.10. The largest absolute Gasteiger partial charge is 0.295 e. The first kappa shape index (κ1) is 9.97. The molecule has 0 fully saturated rings. The zero-order chi connectivity index (χ0) is 8.81. The standard InChI is InChI=1S/C10H15BrO/c11-8-4-3-6-9-5-1-2-7-10(9)12/h5H,1-4,6-8H2. The van der Waals surface area contributed by atoms with E-state index in [4.69, 9.17) is 0 Å². The summed E-state index contributed by atoms with van der Waals surface area (Å²) >= 11 is 3.39. The highest BCUT2D eigenvalue weighted by Gasteiger charge is 2.12. The second kappa shape index (κ2) is 5.52. The molecule has 0 saturated heterocycles. The molecule has 0 aromatic rings. The Labute approximate surface area is 82.4 Å². The van der Waals surface area contributed by atoms with Gasteiger partial charge in [-0.15, -0.1) is 0 Å². The first-order chi connectivity index (χ1) is 5.84. The Bertz CT molecular complexity index is 184. The summed E-state index contributed by atoms with van der Waals surface area (Å²) in [4.78, 5) is 11.3. The van der Waals surface area contributed by atoms with E-state index in [2.05, 4.69) is 22.0 Å². The maximum Gasteiger partial charge on any atom is 0.158 e. The summed E-state index contributed by atoms with van der Waals surface area (Å²) < 4.78 is 0. The van der Waals surface area contributed by atoms with Crippen LogP contribution in [0.2, 0.25) is 0 Å². The van der Waals surface area contributed by atoms with Gasteiger partial charge in [0, 0.05) is 11.8 Å². The number of Topliss-reactive ketones (excluding diaryl/α,β-unsaturated/α-hetero) is 1. The highest BCUT2D eigenvalue weighted by molar-refractivity contribution is 9.09. The van der Waals surface area contributed by atoms with Crippen LogP contribution < -0.4 is 0 Å². The smallest absolute Gasteiger partial charge is 0.158 e. The molecule has 0 aromatic carbocycles. The molecule has 0 atom stereocenters. The van der Waals surface area contributed by atoms with Crippen molar-refractivity contribution in [3.8, 4) is 0 Å². The number of alkyl halides is 1. The minimum absolute atomic E-state index is 0.385. The van der Waals surface area contributed by atoms with Crippen molar-refractivity contribution >= 4 is 21.7 Å². The molecule has 1 rings (SSSR count). The topological polar surface area (TPSA) is 17.1 Å². The molecule has 0 radical (unpaired) electrons. The van der Waals surface area contributed by atoms with Gasteiger partial charge >= 0.3 is 0 Å². The Morgan fingerprint density at radius 1 is 1.42 bits per heavy atom. The van der Waals surface area contributed by atoms with E-state index in [-0.39, 0.29) is 0 Å². The van der Waals surface area contributed by atoms with Crippen LogP contribution in [0.15, 0.2) is 11.6 Å². The number of hydrogen-bond acceptors (Lipinski definition) is 1. The number of unbranched alkanes of at least 4 members (excludes halogenated alkanes) is 1. The van der Waals surface area contributed by atoms with Crippen LogP contribution in [0.3, 0.4) is 0 Å². The van der Waals surface area contributed by atoms with Crippen LogP contribution >= 0.6 is 15.9 Å². The lowest BCUT2D eigenvalue weighted by Crippen LogP contribution is -2.06. The highest BCUT2D eigenvalue weighted by atomic mass is 79.9. The predicted octanol–water partition coefficient (Wildman–Crippen LogP) is 3.23. The second-order valence-corrected chi connectivity index (χ2v) is 3.98. The van der Waals surface area contributed by atoms with E-state index in [0.29, 0.717) is 5.78 Å². The molecule has 0 spiro atoms. The Hall–Kier alpha value is -0.110. The molecule has 1 aliphatic carbocycles. The number of allylic oxidation sites excluding steroid dienone is 2. The Kier molecular flexibility index (Phi) is 4.59. The number of hydrogen-bond donors (Lipinski definition) is 0. The van der Waals surface area contributed by atoms with Crippen LogP contribution in [0.5, 0.6) is 0 Å². The molecule has 1 aliphatic rings. The maximum atomic E-state index is 11.3. The van der Waals surface area contributed by atoms with Gasteiger partial charge in [0.25, 0.3) is 0 Å². The summed E-state index contributed by atoms with van der Waals surface area (Å²) in [6, 6.07) is 0. The van der Waals surface area contributed by atoms with Gasteiger partial charge in [0.05, 0.1) is 0 Å². The van der Waals surface area contributed by atoms with E-state index in [1.54, 1.807) is 0 Å². The molecular weight excluding hydrogens is 216 g/mol. The highest BCUT2D eigenvalue weighted by Crippen LogP contribution is 2.18. The minimum Gasteiger partial charge on any atom is -0.295 e. The molecular formula is C10H15BrO. The van der Waals surface area contributed by atoms with E-state index >= 15 is 0 Å². The van der Waals surface area contributed by atoms with Gasteiger partial charge in [-0.25, -0.2) is 0 Å². The number of rotatable bonds is 4. The van der Waals surface area contributed by atoms with Gasteiger partial charge in [-0.3, -0.25) is 4.79 Å². The van der Waals surface area contributed by atoms with E-state index in [1.165, 1.54) is 6.42 Å². The van der Waals surface area contributed by atoms with Crippen molar-refractivity contribution in [1.82, 2.24) is 0 Å². The number of ketones is 1. The van der Waals surface area contributed by atoms with E-state index < -0.39 is 0 Å². The zero-order valence-corrected chi connectivity index (χ0v) is 8.90. The minimum atomic E-state index is 0.385. The zero-order valence-electron chi connectivity index (χ0n) is 7.31. The summed E-state index contributed by atoms with van der Waals surface area (Å²) in [5.41, 5.74) is 1.09. The Balaban J connectivity index is 2.29. The van der Waals surface area contributed by atoms with Gasteiger partial charge in [-0.2, -0.15) is 0 Å². The summed E-state index contributed by atoms with van der Waals surface area (Å²) in [7, 11) is 0. The average Bonchev–Trinajstić information content (AvgIpc) is 2.09.